The Morgan fingerprint density at radius 2 is 2.00 bits per heavy atom. The molecule has 0 N–H and O–H groups in total. The summed E-state index contributed by atoms with van der Waals surface area (Å²) in [5.74, 6) is 0.799. The van der Waals surface area contributed by atoms with Crippen LogP contribution in [-0.2, 0) is 6.67 Å². The van der Waals surface area contributed by atoms with E-state index in [9.17, 15) is 4.79 Å². The van der Waals surface area contributed by atoms with Crippen LogP contribution in [0.3, 0.4) is 0 Å². The van der Waals surface area contributed by atoms with E-state index in [1.165, 1.54) is 12.8 Å². The van der Waals surface area contributed by atoms with E-state index >= 15 is 0 Å². The zero-order valence-corrected chi connectivity index (χ0v) is 13.9. The molecule has 0 radical (unpaired) electrons. The molecule has 2 heterocycles. The van der Waals surface area contributed by atoms with Gasteiger partial charge in [-0.05, 0) is 43.3 Å². The Morgan fingerprint density at radius 1 is 1.22 bits per heavy atom. The highest BCUT2D eigenvalue weighted by atomic mass is 32.1. The number of thiophene rings is 1. The number of benzene rings is 1. The third-order valence-electron chi connectivity index (χ3n) is 4.26. The van der Waals surface area contributed by atoms with E-state index in [0.29, 0.717) is 6.67 Å². The number of aromatic nitrogens is 2. The standard InChI is InChI=1S/C18H19N3OS/c1-20(11-13-8-9-13)12-21-18(22)15-6-3-2-5-14(15)17(19-21)16-7-4-10-23-16/h2-7,10,13H,8-9,11-12H2,1H3. The van der Waals surface area contributed by atoms with E-state index in [-0.39, 0.29) is 5.56 Å². The van der Waals surface area contributed by atoms with Gasteiger partial charge in [0.25, 0.3) is 5.56 Å². The Kier molecular flexibility index (Phi) is 3.75. The van der Waals surface area contributed by atoms with Crippen molar-refractivity contribution in [3.63, 3.8) is 0 Å². The lowest BCUT2D eigenvalue weighted by atomic mass is 10.1. The average Bonchev–Trinajstić information content (AvgIpc) is 3.20. The highest BCUT2D eigenvalue weighted by Crippen LogP contribution is 2.30. The van der Waals surface area contributed by atoms with Crippen molar-refractivity contribution >= 4 is 22.1 Å². The average molecular weight is 325 g/mol. The fraction of sp³-hybridized carbons (Fsp3) is 0.333. The first kappa shape index (κ1) is 14.6. The van der Waals surface area contributed by atoms with Crippen LogP contribution >= 0.6 is 11.3 Å². The molecule has 0 aliphatic heterocycles. The number of fused-ring (bicyclic) bond motifs is 1. The van der Waals surface area contributed by atoms with E-state index in [1.54, 1.807) is 16.0 Å². The first-order valence-electron chi connectivity index (χ1n) is 7.94. The summed E-state index contributed by atoms with van der Waals surface area (Å²) in [6.07, 6.45) is 2.62. The molecule has 1 aliphatic carbocycles. The number of nitrogens with zero attached hydrogens (tertiary/aromatic N) is 3. The molecule has 1 fully saturated rings. The lowest BCUT2D eigenvalue weighted by Crippen LogP contribution is -2.33. The molecule has 0 unspecified atom stereocenters. The fourth-order valence-corrected chi connectivity index (χ4v) is 3.68. The van der Waals surface area contributed by atoms with E-state index < -0.39 is 0 Å². The molecule has 0 bridgehead atoms. The molecule has 1 saturated carbocycles. The normalized spacial score (nSPS) is 14.7. The molecule has 4 nitrogen and oxygen atoms in total. The first-order valence-corrected chi connectivity index (χ1v) is 8.82. The van der Waals surface area contributed by atoms with E-state index in [2.05, 4.69) is 23.1 Å². The molecule has 0 atom stereocenters. The SMILES string of the molecule is CN(CC1CC1)Cn1nc(-c2cccs2)c2ccccc2c1=O. The largest absolute Gasteiger partial charge is 0.287 e. The molecule has 0 saturated heterocycles. The Morgan fingerprint density at radius 3 is 2.70 bits per heavy atom. The first-order chi connectivity index (χ1) is 11.2. The van der Waals surface area contributed by atoms with Crippen molar-refractivity contribution in [2.45, 2.75) is 19.5 Å². The Hall–Kier alpha value is -1.98. The summed E-state index contributed by atoms with van der Waals surface area (Å²) in [6, 6.07) is 11.8. The van der Waals surface area contributed by atoms with Crippen LogP contribution in [0.5, 0.6) is 0 Å². The highest BCUT2D eigenvalue weighted by molar-refractivity contribution is 7.13. The summed E-state index contributed by atoms with van der Waals surface area (Å²) < 4.78 is 1.61. The molecule has 1 aromatic carbocycles. The van der Waals surface area contributed by atoms with Crippen LogP contribution in [0.4, 0.5) is 0 Å². The minimum atomic E-state index is -0.0106. The second kappa shape index (κ2) is 5.91. The molecule has 0 amide bonds. The van der Waals surface area contributed by atoms with Crippen LogP contribution in [0, 0.1) is 5.92 Å². The fourth-order valence-electron chi connectivity index (χ4n) is 2.95. The van der Waals surface area contributed by atoms with E-state index in [0.717, 1.165) is 33.8 Å². The van der Waals surface area contributed by atoms with Gasteiger partial charge in [-0.2, -0.15) is 5.10 Å². The summed E-state index contributed by atoms with van der Waals surface area (Å²) in [5.41, 5.74) is 0.888. The molecule has 118 valence electrons. The Bertz CT molecular complexity index is 881. The lowest BCUT2D eigenvalue weighted by Gasteiger charge is -2.18. The van der Waals surface area contributed by atoms with Gasteiger partial charge in [0.05, 0.1) is 16.9 Å². The summed E-state index contributed by atoms with van der Waals surface area (Å²) >= 11 is 1.65. The highest BCUT2D eigenvalue weighted by Gasteiger charge is 2.23. The molecular weight excluding hydrogens is 306 g/mol. The third kappa shape index (κ3) is 2.94. The topological polar surface area (TPSA) is 38.1 Å². The molecule has 0 spiro atoms. The van der Waals surface area contributed by atoms with Crippen LogP contribution in [0.2, 0.25) is 0 Å². The molecular formula is C18H19N3OS. The minimum Gasteiger partial charge on any atom is -0.287 e. The predicted molar refractivity (Wildman–Crippen MR) is 94.7 cm³/mol. The van der Waals surface area contributed by atoms with Gasteiger partial charge in [-0.15, -0.1) is 11.3 Å². The zero-order valence-electron chi connectivity index (χ0n) is 13.1. The van der Waals surface area contributed by atoms with Crippen molar-refractivity contribution in [2.75, 3.05) is 13.6 Å². The van der Waals surface area contributed by atoms with Gasteiger partial charge in [0.2, 0.25) is 0 Å². The molecule has 4 rings (SSSR count). The van der Waals surface area contributed by atoms with Crippen LogP contribution in [0.1, 0.15) is 12.8 Å². The van der Waals surface area contributed by atoms with Crippen LogP contribution < -0.4 is 5.56 Å². The number of hydrogen-bond acceptors (Lipinski definition) is 4. The third-order valence-corrected chi connectivity index (χ3v) is 5.14. The van der Waals surface area contributed by atoms with Crippen LogP contribution in [-0.4, -0.2) is 28.3 Å². The maximum atomic E-state index is 12.8. The summed E-state index contributed by atoms with van der Waals surface area (Å²) in [4.78, 5) is 16.1. The van der Waals surface area contributed by atoms with E-state index in [1.807, 2.05) is 35.7 Å². The van der Waals surface area contributed by atoms with Gasteiger partial charge in [-0.25, -0.2) is 4.68 Å². The van der Waals surface area contributed by atoms with Gasteiger partial charge < -0.3 is 0 Å². The van der Waals surface area contributed by atoms with Crippen molar-refractivity contribution in [2.24, 2.45) is 5.92 Å². The van der Waals surface area contributed by atoms with Crippen molar-refractivity contribution < 1.29 is 0 Å². The van der Waals surface area contributed by atoms with Crippen molar-refractivity contribution in [1.29, 1.82) is 0 Å². The maximum Gasteiger partial charge on any atom is 0.275 e. The zero-order chi connectivity index (χ0) is 15.8. The van der Waals surface area contributed by atoms with Crippen molar-refractivity contribution in [3.05, 3.63) is 52.1 Å². The van der Waals surface area contributed by atoms with Crippen LogP contribution in [0.25, 0.3) is 21.3 Å². The predicted octanol–water partition coefficient (Wildman–Crippen LogP) is 3.42. The molecule has 3 aromatic rings. The summed E-state index contributed by atoms with van der Waals surface area (Å²) in [5, 5.41) is 8.40. The van der Waals surface area contributed by atoms with Gasteiger partial charge in [0.1, 0.15) is 5.69 Å². The van der Waals surface area contributed by atoms with Crippen molar-refractivity contribution in [1.82, 2.24) is 14.7 Å². The number of hydrogen-bond donors (Lipinski definition) is 0. The molecule has 1 aliphatic rings. The smallest absolute Gasteiger partial charge is 0.275 e. The number of rotatable bonds is 5. The second-order valence-electron chi connectivity index (χ2n) is 6.30. The van der Waals surface area contributed by atoms with Gasteiger partial charge >= 0.3 is 0 Å². The Balaban J connectivity index is 1.80. The molecule has 5 heteroatoms. The summed E-state index contributed by atoms with van der Waals surface area (Å²) in [7, 11) is 2.06. The maximum absolute atomic E-state index is 12.8. The van der Waals surface area contributed by atoms with Gasteiger partial charge in [-0.1, -0.05) is 24.3 Å². The molecule has 23 heavy (non-hydrogen) atoms. The monoisotopic (exact) mass is 325 g/mol. The summed E-state index contributed by atoms with van der Waals surface area (Å²) in [6.45, 7) is 1.58. The van der Waals surface area contributed by atoms with Gasteiger partial charge in [-0.3, -0.25) is 9.69 Å². The molecule has 2 aromatic heterocycles. The second-order valence-corrected chi connectivity index (χ2v) is 7.25. The quantitative estimate of drug-likeness (QED) is 0.721. The van der Waals surface area contributed by atoms with Gasteiger partial charge in [0.15, 0.2) is 0 Å². The Labute approximate surface area is 139 Å². The van der Waals surface area contributed by atoms with E-state index in [4.69, 9.17) is 0 Å². The lowest BCUT2D eigenvalue weighted by molar-refractivity contribution is 0.240. The van der Waals surface area contributed by atoms with Crippen LogP contribution in [0.15, 0.2) is 46.6 Å². The minimum absolute atomic E-state index is 0.0106. The van der Waals surface area contributed by atoms with Crippen molar-refractivity contribution in [3.8, 4) is 10.6 Å². The van der Waals surface area contributed by atoms with Gasteiger partial charge in [0, 0.05) is 11.9 Å².